The van der Waals surface area contributed by atoms with Crippen molar-refractivity contribution in [3.8, 4) is 11.4 Å². The number of hydrogen-bond acceptors (Lipinski definition) is 8. The molecular weight excluding hydrogens is 432 g/mol. The minimum Gasteiger partial charge on any atom is -0.398 e. The minimum absolute atomic E-state index is 0.221. The molecule has 0 amide bonds. The summed E-state index contributed by atoms with van der Waals surface area (Å²) >= 11 is 10.9. The molecule has 0 radical (unpaired) electrons. The van der Waals surface area contributed by atoms with E-state index in [1.54, 1.807) is 32.2 Å². The Labute approximate surface area is 193 Å². The highest BCUT2D eigenvalue weighted by Crippen LogP contribution is 2.28. The molecular formula is C21H29ClN8S. The van der Waals surface area contributed by atoms with Gasteiger partial charge in [-0.05, 0) is 49.7 Å². The van der Waals surface area contributed by atoms with Crippen LogP contribution in [0.5, 0.6) is 0 Å². The summed E-state index contributed by atoms with van der Waals surface area (Å²) in [6, 6.07) is 9.02. The third-order valence-electron chi connectivity index (χ3n) is 3.74. The number of aromatic amines is 1. The number of nitrogen functional groups attached to an aromatic ring is 2. The van der Waals surface area contributed by atoms with E-state index in [0.29, 0.717) is 33.5 Å². The number of H-pyrrole nitrogens is 1. The van der Waals surface area contributed by atoms with Gasteiger partial charge in [-0.3, -0.25) is 0 Å². The molecule has 0 bridgehead atoms. The molecule has 0 aliphatic carbocycles. The van der Waals surface area contributed by atoms with Crippen molar-refractivity contribution in [3.05, 3.63) is 57.3 Å². The summed E-state index contributed by atoms with van der Waals surface area (Å²) in [5, 5.41) is 8.19. The zero-order valence-corrected chi connectivity index (χ0v) is 19.9. The first-order chi connectivity index (χ1) is 14.7. The summed E-state index contributed by atoms with van der Waals surface area (Å²) < 4.78 is 0.796. The number of hydrazine groups is 1. The number of halogens is 1. The standard InChI is InChI=1S/C13H16ClN7.C6H7NS.C2H6/c1-6(15)10-11(17)19-12(20-13(10)21-18-2)7-3-4-9(16)8(14)5-7;1-5-2-3-7-6(8)4-5;1-2/h3-5,15,18H,16H2,1-2H3,(H3,17,19,20,21);2-4H,1H3,(H,7,8);1-2H3. The van der Waals surface area contributed by atoms with E-state index in [2.05, 4.69) is 25.8 Å². The number of aryl methyl sites for hydroxylation is 1. The number of rotatable bonds is 4. The maximum Gasteiger partial charge on any atom is 0.164 e. The number of hydrogen-bond donors (Lipinski definition) is 6. The number of nitrogens with one attached hydrogen (secondary N) is 4. The monoisotopic (exact) mass is 460 g/mol. The number of pyridine rings is 1. The lowest BCUT2D eigenvalue weighted by atomic mass is 10.1. The average molecular weight is 461 g/mol. The van der Waals surface area contributed by atoms with Crippen LogP contribution < -0.4 is 22.3 Å². The molecule has 31 heavy (non-hydrogen) atoms. The topological polar surface area (TPSA) is 142 Å². The van der Waals surface area contributed by atoms with Gasteiger partial charge in [0.15, 0.2) is 11.6 Å². The Morgan fingerprint density at radius 1 is 1.16 bits per heavy atom. The molecule has 0 aliphatic rings. The summed E-state index contributed by atoms with van der Waals surface area (Å²) in [6.07, 6.45) is 1.84. The van der Waals surface area contributed by atoms with E-state index in [0.717, 1.165) is 4.64 Å². The van der Waals surface area contributed by atoms with Crippen molar-refractivity contribution in [2.45, 2.75) is 27.7 Å². The first-order valence-electron chi connectivity index (χ1n) is 9.59. The van der Waals surface area contributed by atoms with E-state index in [4.69, 9.17) is 40.7 Å². The highest BCUT2D eigenvalue weighted by atomic mass is 35.5. The predicted molar refractivity (Wildman–Crippen MR) is 134 cm³/mol. The van der Waals surface area contributed by atoms with Gasteiger partial charge in [-0.15, -0.1) is 0 Å². The molecule has 2 heterocycles. The number of aromatic nitrogens is 3. The molecule has 3 rings (SSSR count). The fourth-order valence-corrected chi connectivity index (χ4v) is 2.84. The molecule has 8 nitrogen and oxygen atoms in total. The van der Waals surface area contributed by atoms with E-state index >= 15 is 0 Å². The minimum atomic E-state index is 0.221. The second-order valence-electron chi connectivity index (χ2n) is 6.12. The van der Waals surface area contributed by atoms with Gasteiger partial charge in [0.1, 0.15) is 10.5 Å². The van der Waals surface area contributed by atoms with Crippen LogP contribution in [0.15, 0.2) is 36.5 Å². The normalized spacial score (nSPS) is 9.61. The summed E-state index contributed by atoms with van der Waals surface area (Å²) in [6.45, 7) is 7.64. The van der Waals surface area contributed by atoms with Crippen LogP contribution in [0.2, 0.25) is 5.02 Å². The fourth-order valence-electron chi connectivity index (χ4n) is 2.40. The van der Waals surface area contributed by atoms with Crippen LogP contribution in [-0.4, -0.2) is 27.7 Å². The first kappa shape index (κ1) is 26.0. The fraction of sp³-hybridized carbons (Fsp3) is 0.238. The highest BCUT2D eigenvalue weighted by molar-refractivity contribution is 7.71. The number of nitrogens with zero attached hydrogens (tertiary/aromatic N) is 2. The molecule has 3 aromatic rings. The molecule has 0 fully saturated rings. The molecule has 0 spiro atoms. The van der Waals surface area contributed by atoms with Crippen molar-refractivity contribution >= 4 is 46.9 Å². The lowest BCUT2D eigenvalue weighted by Gasteiger charge is -2.13. The van der Waals surface area contributed by atoms with E-state index in [1.807, 2.05) is 39.1 Å². The van der Waals surface area contributed by atoms with E-state index in [-0.39, 0.29) is 11.5 Å². The van der Waals surface area contributed by atoms with E-state index in [1.165, 1.54) is 5.56 Å². The molecule has 0 unspecified atom stereocenters. The van der Waals surface area contributed by atoms with Crippen LogP contribution >= 0.6 is 23.8 Å². The summed E-state index contributed by atoms with van der Waals surface area (Å²) in [5.41, 5.74) is 20.3. The third kappa shape index (κ3) is 7.63. The van der Waals surface area contributed by atoms with Gasteiger partial charge in [-0.1, -0.05) is 37.7 Å². The third-order valence-corrected chi connectivity index (χ3v) is 4.31. The Morgan fingerprint density at radius 2 is 1.84 bits per heavy atom. The molecule has 2 aromatic heterocycles. The number of nitrogens with two attached hydrogens (primary N) is 2. The molecule has 10 heteroatoms. The molecule has 166 valence electrons. The van der Waals surface area contributed by atoms with Crippen LogP contribution in [-0.2, 0) is 0 Å². The Morgan fingerprint density at radius 3 is 2.32 bits per heavy atom. The summed E-state index contributed by atoms with van der Waals surface area (Å²) in [7, 11) is 1.70. The zero-order chi connectivity index (χ0) is 23.6. The van der Waals surface area contributed by atoms with E-state index in [9.17, 15) is 0 Å². The van der Waals surface area contributed by atoms with Crippen LogP contribution in [0.3, 0.4) is 0 Å². The molecule has 0 saturated heterocycles. The van der Waals surface area contributed by atoms with E-state index < -0.39 is 0 Å². The molecule has 1 aromatic carbocycles. The molecule has 0 atom stereocenters. The van der Waals surface area contributed by atoms with Gasteiger partial charge >= 0.3 is 0 Å². The summed E-state index contributed by atoms with van der Waals surface area (Å²) in [5.74, 6) is 1.05. The van der Waals surface area contributed by atoms with Crippen LogP contribution in [0.25, 0.3) is 11.4 Å². The first-order valence-corrected chi connectivity index (χ1v) is 10.4. The Kier molecular flexibility index (Phi) is 10.6. The SMILES string of the molecule is CC.CNNc1nc(-c2ccc(N)c(Cl)c2)nc(N)c1C(C)=N.Cc1cc[nH]c(=S)c1. The van der Waals surface area contributed by atoms with Crippen molar-refractivity contribution in [1.82, 2.24) is 20.4 Å². The second-order valence-corrected chi connectivity index (χ2v) is 6.97. The lowest BCUT2D eigenvalue weighted by Crippen LogP contribution is -2.20. The second kappa shape index (κ2) is 12.6. The number of benzene rings is 1. The largest absolute Gasteiger partial charge is 0.398 e. The number of anilines is 3. The summed E-state index contributed by atoms with van der Waals surface area (Å²) in [4.78, 5) is 11.5. The van der Waals surface area contributed by atoms with Gasteiger partial charge in [0.25, 0.3) is 0 Å². The Bertz CT molecular complexity index is 1080. The Balaban J connectivity index is 0.000000400. The predicted octanol–water partition coefficient (Wildman–Crippen LogP) is 4.97. The molecule has 8 N–H and O–H groups in total. The van der Waals surface area contributed by atoms with Gasteiger partial charge in [-0.25, -0.2) is 15.4 Å². The maximum absolute atomic E-state index is 7.77. The van der Waals surface area contributed by atoms with Gasteiger partial charge in [0, 0.05) is 24.5 Å². The van der Waals surface area contributed by atoms with Crippen molar-refractivity contribution in [2.75, 3.05) is 23.9 Å². The highest BCUT2D eigenvalue weighted by Gasteiger charge is 2.15. The zero-order valence-electron chi connectivity index (χ0n) is 18.3. The lowest BCUT2D eigenvalue weighted by molar-refractivity contribution is 0.958. The van der Waals surface area contributed by atoms with Crippen molar-refractivity contribution in [3.63, 3.8) is 0 Å². The van der Waals surface area contributed by atoms with Gasteiger partial charge in [-0.2, -0.15) is 0 Å². The van der Waals surface area contributed by atoms with Gasteiger partial charge in [0.2, 0.25) is 0 Å². The average Bonchev–Trinajstić information content (AvgIpc) is 2.71. The van der Waals surface area contributed by atoms with Gasteiger partial charge in [0.05, 0.1) is 16.3 Å². The quantitative estimate of drug-likeness (QED) is 0.139. The van der Waals surface area contributed by atoms with Crippen molar-refractivity contribution in [2.24, 2.45) is 0 Å². The Hall–Kier alpha value is -3.01. The molecule has 0 aliphatic heterocycles. The van der Waals surface area contributed by atoms with Crippen LogP contribution in [0.1, 0.15) is 31.9 Å². The van der Waals surface area contributed by atoms with Crippen LogP contribution in [0.4, 0.5) is 17.3 Å². The molecule has 0 saturated carbocycles. The van der Waals surface area contributed by atoms with Crippen molar-refractivity contribution < 1.29 is 0 Å². The van der Waals surface area contributed by atoms with Crippen molar-refractivity contribution in [1.29, 1.82) is 5.41 Å². The van der Waals surface area contributed by atoms with Crippen LogP contribution in [0, 0.1) is 17.0 Å². The smallest absolute Gasteiger partial charge is 0.164 e. The maximum atomic E-state index is 7.77. The van der Waals surface area contributed by atoms with Gasteiger partial charge < -0.3 is 27.3 Å².